The quantitative estimate of drug-likeness (QED) is 0.707. The minimum atomic E-state index is 0.627. The number of aromatic nitrogens is 2. The normalized spacial score (nSPS) is 11.6. The molecule has 0 saturated carbocycles. The third-order valence-electron chi connectivity index (χ3n) is 2.79. The van der Waals surface area contributed by atoms with Crippen molar-refractivity contribution in [3.05, 3.63) is 18.0 Å². The Balaban J connectivity index is 2.16. The molecule has 1 heterocycles. The highest BCUT2D eigenvalue weighted by Gasteiger charge is 2.05. The summed E-state index contributed by atoms with van der Waals surface area (Å²) < 4.78 is 1.84. The number of nitrogens with zero attached hydrogens (tertiary/aromatic N) is 3. The van der Waals surface area contributed by atoms with Crippen LogP contribution in [-0.2, 0) is 13.6 Å². The lowest BCUT2D eigenvalue weighted by Crippen LogP contribution is -2.36. The highest BCUT2D eigenvalue weighted by Crippen LogP contribution is 1.96. The molecule has 1 rings (SSSR count). The maximum atomic E-state index is 4.32. The fourth-order valence-corrected chi connectivity index (χ4v) is 1.78. The molecule has 0 aliphatic rings. The van der Waals surface area contributed by atoms with Crippen molar-refractivity contribution in [1.29, 1.82) is 0 Å². The van der Waals surface area contributed by atoms with Crippen LogP contribution in [0, 0.1) is 0 Å². The van der Waals surface area contributed by atoms with Crippen molar-refractivity contribution >= 4 is 0 Å². The van der Waals surface area contributed by atoms with Crippen molar-refractivity contribution in [3.63, 3.8) is 0 Å². The van der Waals surface area contributed by atoms with Crippen molar-refractivity contribution in [2.24, 2.45) is 7.05 Å². The predicted molar refractivity (Wildman–Crippen MR) is 67.3 cm³/mol. The average Bonchev–Trinajstić information content (AvgIpc) is 2.64. The number of hydrogen-bond acceptors (Lipinski definition) is 3. The van der Waals surface area contributed by atoms with E-state index in [4.69, 9.17) is 0 Å². The van der Waals surface area contributed by atoms with E-state index in [1.54, 1.807) is 0 Å². The Bertz CT molecular complexity index is 293. The molecule has 1 N–H and O–H groups in total. The molecule has 4 nitrogen and oxygen atoms in total. The molecule has 0 radical (unpaired) electrons. The minimum absolute atomic E-state index is 0.627. The largest absolute Gasteiger partial charge is 0.310 e. The first-order valence-corrected chi connectivity index (χ1v) is 6.06. The van der Waals surface area contributed by atoms with Crippen LogP contribution < -0.4 is 5.32 Å². The molecule has 0 fully saturated rings. The van der Waals surface area contributed by atoms with Crippen LogP contribution in [0.25, 0.3) is 0 Å². The van der Waals surface area contributed by atoms with Crippen molar-refractivity contribution in [3.8, 4) is 0 Å². The van der Waals surface area contributed by atoms with Crippen LogP contribution in [0.1, 0.15) is 26.5 Å². The molecule has 0 bridgehead atoms. The maximum Gasteiger partial charge on any atom is 0.0762 e. The lowest BCUT2D eigenvalue weighted by molar-refractivity contribution is 0.233. The lowest BCUT2D eigenvalue weighted by atomic mass is 10.3. The van der Waals surface area contributed by atoms with Gasteiger partial charge in [0.25, 0.3) is 0 Å². The molecule has 0 atom stereocenters. The van der Waals surface area contributed by atoms with Gasteiger partial charge in [-0.05, 0) is 26.5 Å². The van der Waals surface area contributed by atoms with E-state index < -0.39 is 0 Å². The van der Waals surface area contributed by atoms with Crippen LogP contribution in [-0.4, -0.2) is 40.4 Å². The standard InChI is InChI=1S/C12H24N4/c1-5-16(11(2)3)9-7-13-10-12-6-8-15(4)14-12/h6,8,11,13H,5,7,9-10H2,1-4H3. The summed E-state index contributed by atoms with van der Waals surface area (Å²) in [5.41, 5.74) is 1.11. The molecule has 0 amide bonds. The second-order valence-corrected chi connectivity index (χ2v) is 4.38. The minimum Gasteiger partial charge on any atom is -0.310 e. The summed E-state index contributed by atoms with van der Waals surface area (Å²) in [5.74, 6) is 0. The number of rotatable bonds is 7. The van der Waals surface area contributed by atoms with Gasteiger partial charge in [0, 0.05) is 38.9 Å². The van der Waals surface area contributed by atoms with Gasteiger partial charge in [-0.2, -0.15) is 5.10 Å². The van der Waals surface area contributed by atoms with Gasteiger partial charge in [0.15, 0.2) is 0 Å². The number of hydrogen-bond donors (Lipinski definition) is 1. The van der Waals surface area contributed by atoms with E-state index in [1.807, 2.05) is 24.0 Å². The summed E-state index contributed by atoms with van der Waals surface area (Å²) >= 11 is 0. The third-order valence-corrected chi connectivity index (χ3v) is 2.79. The fraction of sp³-hybridized carbons (Fsp3) is 0.750. The van der Waals surface area contributed by atoms with E-state index in [-0.39, 0.29) is 0 Å². The van der Waals surface area contributed by atoms with Crippen LogP contribution in [0.4, 0.5) is 0 Å². The molecule has 4 heteroatoms. The average molecular weight is 224 g/mol. The molecule has 0 saturated heterocycles. The van der Waals surface area contributed by atoms with Gasteiger partial charge in [-0.15, -0.1) is 0 Å². The third kappa shape index (κ3) is 4.33. The summed E-state index contributed by atoms with van der Waals surface area (Å²) in [6.45, 7) is 10.8. The van der Waals surface area contributed by atoms with Gasteiger partial charge in [-0.3, -0.25) is 9.58 Å². The zero-order valence-electron chi connectivity index (χ0n) is 10.9. The molecular formula is C12H24N4. The number of likely N-dealkylation sites (N-methyl/N-ethyl adjacent to an activating group) is 1. The van der Waals surface area contributed by atoms with Crippen molar-refractivity contribution in [2.45, 2.75) is 33.4 Å². The summed E-state index contributed by atoms with van der Waals surface area (Å²) in [7, 11) is 1.95. The van der Waals surface area contributed by atoms with Crippen LogP contribution in [0.2, 0.25) is 0 Å². The molecule has 0 unspecified atom stereocenters. The van der Waals surface area contributed by atoms with Gasteiger partial charge < -0.3 is 5.32 Å². The Morgan fingerprint density at radius 2 is 2.25 bits per heavy atom. The van der Waals surface area contributed by atoms with E-state index in [0.29, 0.717) is 6.04 Å². The van der Waals surface area contributed by atoms with E-state index in [9.17, 15) is 0 Å². The molecule has 0 aromatic carbocycles. The monoisotopic (exact) mass is 224 g/mol. The van der Waals surface area contributed by atoms with Crippen LogP contribution in [0.3, 0.4) is 0 Å². The Kier molecular flexibility index (Phi) is 5.49. The zero-order valence-corrected chi connectivity index (χ0v) is 10.9. The fourth-order valence-electron chi connectivity index (χ4n) is 1.78. The van der Waals surface area contributed by atoms with Crippen LogP contribution >= 0.6 is 0 Å². The van der Waals surface area contributed by atoms with E-state index in [1.165, 1.54) is 0 Å². The first kappa shape index (κ1) is 13.2. The van der Waals surface area contributed by atoms with Gasteiger partial charge >= 0.3 is 0 Å². The second kappa shape index (κ2) is 6.66. The molecule has 0 aliphatic carbocycles. The number of aryl methyl sites for hydroxylation is 1. The number of nitrogens with one attached hydrogen (secondary N) is 1. The van der Waals surface area contributed by atoms with Crippen molar-refractivity contribution < 1.29 is 0 Å². The Hall–Kier alpha value is -0.870. The van der Waals surface area contributed by atoms with E-state index in [0.717, 1.165) is 31.9 Å². The summed E-state index contributed by atoms with van der Waals surface area (Å²) in [6.07, 6.45) is 1.98. The van der Waals surface area contributed by atoms with E-state index >= 15 is 0 Å². The Labute approximate surface area is 98.6 Å². The summed E-state index contributed by atoms with van der Waals surface area (Å²) in [4.78, 5) is 2.45. The van der Waals surface area contributed by atoms with E-state index in [2.05, 4.69) is 36.1 Å². The van der Waals surface area contributed by atoms with Gasteiger partial charge in [0.2, 0.25) is 0 Å². The summed E-state index contributed by atoms with van der Waals surface area (Å²) in [6, 6.07) is 2.68. The predicted octanol–water partition coefficient (Wildman–Crippen LogP) is 1.24. The zero-order chi connectivity index (χ0) is 12.0. The first-order chi connectivity index (χ1) is 7.63. The van der Waals surface area contributed by atoms with Crippen LogP contribution in [0.5, 0.6) is 0 Å². The second-order valence-electron chi connectivity index (χ2n) is 4.38. The molecule has 1 aromatic rings. The molecule has 92 valence electrons. The smallest absolute Gasteiger partial charge is 0.0762 e. The Morgan fingerprint density at radius 1 is 1.50 bits per heavy atom. The van der Waals surface area contributed by atoms with Crippen LogP contribution in [0.15, 0.2) is 12.3 Å². The highest BCUT2D eigenvalue weighted by atomic mass is 15.3. The van der Waals surface area contributed by atoms with Crippen molar-refractivity contribution in [1.82, 2.24) is 20.0 Å². The molecular weight excluding hydrogens is 200 g/mol. The molecule has 0 aliphatic heterocycles. The van der Waals surface area contributed by atoms with Gasteiger partial charge in [0.1, 0.15) is 0 Å². The van der Waals surface area contributed by atoms with Gasteiger partial charge in [-0.1, -0.05) is 6.92 Å². The van der Waals surface area contributed by atoms with Gasteiger partial charge in [0.05, 0.1) is 5.69 Å². The maximum absolute atomic E-state index is 4.32. The highest BCUT2D eigenvalue weighted by molar-refractivity contribution is 4.97. The Morgan fingerprint density at radius 3 is 2.75 bits per heavy atom. The van der Waals surface area contributed by atoms with Crippen molar-refractivity contribution in [2.75, 3.05) is 19.6 Å². The van der Waals surface area contributed by atoms with Gasteiger partial charge in [-0.25, -0.2) is 0 Å². The first-order valence-electron chi connectivity index (χ1n) is 6.06. The molecule has 0 spiro atoms. The molecule has 16 heavy (non-hydrogen) atoms. The molecule has 1 aromatic heterocycles. The summed E-state index contributed by atoms with van der Waals surface area (Å²) in [5, 5.41) is 7.74. The SMILES string of the molecule is CCN(CCNCc1ccn(C)n1)C(C)C. The lowest BCUT2D eigenvalue weighted by Gasteiger charge is -2.24. The topological polar surface area (TPSA) is 33.1 Å².